The number of pyridine rings is 1. The van der Waals surface area contributed by atoms with E-state index in [0.717, 1.165) is 4.47 Å². The van der Waals surface area contributed by atoms with Crippen LogP contribution in [0.2, 0.25) is 0 Å². The second kappa shape index (κ2) is 4.80. The van der Waals surface area contributed by atoms with Crippen molar-refractivity contribution < 1.29 is 4.79 Å². The summed E-state index contributed by atoms with van der Waals surface area (Å²) in [5, 5.41) is 9.89. The minimum absolute atomic E-state index is 0.269. The van der Waals surface area contributed by atoms with Gasteiger partial charge in [0, 0.05) is 6.20 Å². The molecule has 1 amide bonds. The van der Waals surface area contributed by atoms with Crippen LogP contribution in [-0.2, 0) is 0 Å². The Morgan fingerprint density at radius 3 is 2.81 bits per heavy atom. The van der Waals surface area contributed by atoms with E-state index in [1.807, 2.05) is 0 Å². The quantitative estimate of drug-likeness (QED) is 0.911. The lowest BCUT2D eigenvalue weighted by atomic mass is 10.3. The summed E-state index contributed by atoms with van der Waals surface area (Å²) in [6.45, 7) is 0. The van der Waals surface area contributed by atoms with Crippen molar-refractivity contribution in [2.45, 2.75) is 0 Å². The lowest BCUT2D eigenvalue weighted by molar-refractivity contribution is 0.102. The summed E-state index contributed by atoms with van der Waals surface area (Å²) >= 11 is 3.29. The van der Waals surface area contributed by atoms with E-state index in [1.165, 1.54) is 12.4 Å². The topological polar surface area (TPSA) is 67.8 Å². The highest BCUT2D eigenvalue weighted by Crippen LogP contribution is 2.18. The van der Waals surface area contributed by atoms with Crippen molar-refractivity contribution in [3.8, 4) is 0 Å². The number of anilines is 1. The van der Waals surface area contributed by atoms with Gasteiger partial charge in [-0.3, -0.25) is 4.79 Å². The Kier molecular flexibility index (Phi) is 3.21. The van der Waals surface area contributed by atoms with Crippen LogP contribution in [0.25, 0.3) is 0 Å². The average molecular weight is 279 g/mol. The normalized spacial score (nSPS) is 9.81. The summed E-state index contributed by atoms with van der Waals surface area (Å²) in [4.78, 5) is 15.8. The smallest absolute Gasteiger partial charge is 0.258 e. The summed E-state index contributed by atoms with van der Waals surface area (Å²) in [5.74, 6) is 0.207. The van der Waals surface area contributed by atoms with Crippen molar-refractivity contribution in [1.82, 2.24) is 15.2 Å². The number of nitrogens with one attached hydrogen (secondary N) is 1. The SMILES string of the molecule is O=C(Nc1ncccc1Br)c1ccnnc1. The number of rotatable bonds is 2. The highest BCUT2D eigenvalue weighted by molar-refractivity contribution is 9.10. The van der Waals surface area contributed by atoms with E-state index >= 15 is 0 Å². The van der Waals surface area contributed by atoms with E-state index in [4.69, 9.17) is 0 Å². The average Bonchev–Trinajstić information content (AvgIpc) is 2.33. The Bertz CT molecular complexity index is 503. The fraction of sp³-hybridized carbons (Fsp3) is 0. The van der Waals surface area contributed by atoms with Crippen LogP contribution in [0.15, 0.2) is 41.3 Å². The van der Waals surface area contributed by atoms with Crippen molar-refractivity contribution in [3.05, 3.63) is 46.8 Å². The van der Waals surface area contributed by atoms with Crippen LogP contribution < -0.4 is 5.32 Å². The molecule has 0 aliphatic rings. The van der Waals surface area contributed by atoms with Gasteiger partial charge in [0.05, 0.1) is 22.4 Å². The summed E-state index contributed by atoms with van der Waals surface area (Å²) in [6, 6.07) is 5.15. The van der Waals surface area contributed by atoms with E-state index in [0.29, 0.717) is 11.4 Å². The molecule has 5 nitrogen and oxygen atoms in total. The van der Waals surface area contributed by atoms with Crippen LogP contribution in [0.3, 0.4) is 0 Å². The molecule has 0 bridgehead atoms. The third-order valence-corrected chi connectivity index (χ3v) is 2.48. The molecule has 0 atom stereocenters. The minimum atomic E-state index is -0.269. The zero-order valence-electron chi connectivity index (χ0n) is 8.09. The highest BCUT2D eigenvalue weighted by Gasteiger charge is 2.08. The van der Waals surface area contributed by atoms with E-state index in [2.05, 4.69) is 36.4 Å². The van der Waals surface area contributed by atoms with Gasteiger partial charge in [-0.15, -0.1) is 0 Å². The van der Waals surface area contributed by atoms with Crippen molar-refractivity contribution in [2.75, 3.05) is 5.32 Å². The molecule has 0 saturated heterocycles. The Morgan fingerprint density at radius 1 is 1.25 bits per heavy atom. The molecule has 2 aromatic rings. The van der Waals surface area contributed by atoms with E-state index in [-0.39, 0.29) is 5.91 Å². The van der Waals surface area contributed by atoms with Crippen LogP contribution >= 0.6 is 15.9 Å². The van der Waals surface area contributed by atoms with Crippen molar-refractivity contribution in [1.29, 1.82) is 0 Å². The summed E-state index contributed by atoms with van der Waals surface area (Å²) in [5.41, 5.74) is 0.438. The van der Waals surface area contributed by atoms with Gasteiger partial charge in [-0.2, -0.15) is 10.2 Å². The maximum Gasteiger partial charge on any atom is 0.258 e. The number of hydrogen-bond acceptors (Lipinski definition) is 4. The van der Waals surface area contributed by atoms with Gasteiger partial charge >= 0.3 is 0 Å². The summed E-state index contributed by atoms with van der Waals surface area (Å²) in [7, 11) is 0. The van der Waals surface area contributed by atoms with Gasteiger partial charge in [0.2, 0.25) is 0 Å². The number of amides is 1. The van der Waals surface area contributed by atoms with Crippen LogP contribution in [0.1, 0.15) is 10.4 Å². The van der Waals surface area contributed by atoms with Crippen molar-refractivity contribution >= 4 is 27.7 Å². The maximum atomic E-state index is 11.7. The number of hydrogen-bond donors (Lipinski definition) is 1. The zero-order valence-corrected chi connectivity index (χ0v) is 9.68. The van der Waals surface area contributed by atoms with E-state index in [1.54, 1.807) is 24.4 Å². The van der Waals surface area contributed by atoms with E-state index in [9.17, 15) is 4.79 Å². The van der Waals surface area contributed by atoms with Crippen LogP contribution in [0, 0.1) is 0 Å². The highest BCUT2D eigenvalue weighted by atomic mass is 79.9. The fourth-order valence-corrected chi connectivity index (χ4v) is 1.44. The molecule has 0 radical (unpaired) electrons. The third kappa shape index (κ3) is 2.40. The lowest BCUT2D eigenvalue weighted by Crippen LogP contribution is -2.13. The van der Waals surface area contributed by atoms with Crippen LogP contribution in [0.4, 0.5) is 5.82 Å². The maximum absolute atomic E-state index is 11.7. The predicted molar refractivity (Wildman–Crippen MR) is 61.9 cm³/mol. The van der Waals surface area contributed by atoms with Gasteiger partial charge in [0.1, 0.15) is 5.82 Å². The first-order valence-electron chi connectivity index (χ1n) is 4.46. The molecule has 1 N–H and O–H groups in total. The number of halogens is 1. The fourth-order valence-electron chi connectivity index (χ4n) is 1.08. The molecule has 2 aromatic heterocycles. The molecule has 0 aromatic carbocycles. The molecule has 16 heavy (non-hydrogen) atoms. The monoisotopic (exact) mass is 278 g/mol. The zero-order chi connectivity index (χ0) is 11.4. The second-order valence-electron chi connectivity index (χ2n) is 2.92. The number of carbonyl (C=O) groups is 1. The van der Waals surface area contributed by atoms with Gasteiger partial charge < -0.3 is 5.32 Å². The van der Waals surface area contributed by atoms with Gasteiger partial charge in [-0.25, -0.2) is 4.98 Å². The molecule has 6 heteroatoms. The first-order valence-corrected chi connectivity index (χ1v) is 5.25. The lowest BCUT2D eigenvalue weighted by Gasteiger charge is -2.04. The van der Waals surface area contributed by atoms with Gasteiger partial charge in [-0.05, 0) is 34.1 Å². The molecule has 0 aliphatic heterocycles. The minimum Gasteiger partial charge on any atom is -0.306 e. The summed E-state index contributed by atoms with van der Waals surface area (Å²) in [6.07, 6.45) is 4.46. The van der Waals surface area contributed by atoms with Crippen LogP contribution in [-0.4, -0.2) is 21.1 Å². The first-order chi connectivity index (χ1) is 7.77. The molecular weight excluding hydrogens is 272 g/mol. The largest absolute Gasteiger partial charge is 0.306 e. The number of aromatic nitrogens is 3. The molecule has 0 saturated carbocycles. The molecular formula is C10H7BrN4O. The molecule has 0 fully saturated rings. The number of nitrogens with zero attached hydrogens (tertiary/aromatic N) is 3. The van der Waals surface area contributed by atoms with Crippen molar-refractivity contribution in [2.24, 2.45) is 0 Å². The molecule has 0 aliphatic carbocycles. The Balaban J connectivity index is 2.18. The standard InChI is InChI=1S/C10H7BrN4O/c11-8-2-1-4-12-9(8)15-10(16)7-3-5-13-14-6-7/h1-6H,(H,12,15,16). The molecule has 80 valence electrons. The Hall–Kier alpha value is -1.82. The molecule has 2 rings (SSSR count). The number of carbonyl (C=O) groups excluding carboxylic acids is 1. The molecule has 2 heterocycles. The molecule has 0 unspecified atom stereocenters. The molecule has 0 spiro atoms. The Labute approximate surface area is 100 Å². The first kappa shape index (κ1) is 10.7. The second-order valence-corrected chi connectivity index (χ2v) is 3.77. The van der Waals surface area contributed by atoms with Crippen LogP contribution in [0.5, 0.6) is 0 Å². The summed E-state index contributed by atoms with van der Waals surface area (Å²) < 4.78 is 0.727. The van der Waals surface area contributed by atoms with Gasteiger partial charge in [-0.1, -0.05) is 0 Å². The predicted octanol–water partition coefficient (Wildman–Crippen LogP) is 1.89. The van der Waals surface area contributed by atoms with Gasteiger partial charge in [0.15, 0.2) is 0 Å². The Morgan fingerprint density at radius 2 is 2.12 bits per heavy atom. The third-order valence-electron chi connectivity index (χ3n) is 1.84. The van der Waals surface area contributed by atoms with E-state index < -0.39 is 0 Å². The van der Waals surface area contributed by atoms with Gasteiger partial charge in [0.25, 0.3) is 5.91 Å². The van der Waals surface area contributed by atoms with Crippen molar-refractivity contribution in [3.63, 3.8) is 0 Å².